The molecule has 0 spiro atoms. The van der Waals surface area contributed by atoms with Crippen LogP contribution in [0.15, 0.2) is 5.38 Å². The molecule has 0 aliphatic rings. The van der Waals surface area contributed by atoms with Crippen LogP contribution in [0.4, 0.5) is 0 Å². The van der Waals surface area contributed by atoms with E-state index in [1.165, 1.54) is 0 Å². The SMILES string of the molecule is CCC(N)(c1nc(C)cs1)C(C)C. The van der Waals surface area contributed by atoms with Crippen LogP contribution >= 0.6 is 11.3 Å². The maximum absolute atomic E-state index is 6.32. The van der Waals surface area contributed by atoms with Gasteiger partial charge in [-0.2, -0.15) is 0 Å². The summed E-state index contributed by atoms with van der Waals surface area (Å²) < 4.78 is 0. The van der Waals surface area contributed by atoms with Crippen molar-refractivity contribution in [2.24, 2.45) is 11.7 Å². The second-order valence-electron chi connectivity index (χ2n) is 3.84. The highest BCUT2D eigenvalue weighted by Gasteiger charge is 2.31. The molecule has 0 amide bonds. The minimum atomic E-state index is -0.237. The molecule has 1 atom stereocenters. The van der Waals surface area contributed by atoms with Gasteiger partial charge in [0, 0.05) is 11.1 Å². The van der Waals surface area contributed by atoms with Crippen molar-refractivity contribution in [3.8, 4) is 0 Å². The quantitative estimate of drug-likeness (QED) is 0.811. The lowest BCUT2D eigenvalue weighted by Crippen LogP contribution is -2.41. The van der Waals surface area contributed by atoms with E-state index in [1.54, 1.807) is 11.3 Å². The summed E-state index contributed by atoms with van der Waals surface area (Å²) in [5.74, 6) is 0.433. The third kappa shape index (κ3) is 1.92. The molecule has 0 aromatic carbocycles. The lowest BCUT2D eigenvalue weighted by molar-refractivity contribution is 0.304. The topological polar surface area (TPSA) is 38.9 Å². The summed E-state index contributed by atoms with van der Waals surface area (Å²) in [7, 11) is 0. The normalized spacial score (nSPS) is 16.2. The van der Waals surface area contributed by atoms with Gasteiger partial charge in [0.1, 0.15) is 5.01 Å². The van der Waals surface area contributed by atoms with E-state index in [2.05, 4.69) is 31.1 Å². The van der Waals surface area contributed by atoms with E-state index in [9.17, 15) is 0 Å². The Labute approximate surface area is 84.2 Å². The molecule has 1 heterocycles. The second kappa shape index (κ2) is 3.76. The van der Waals surface area contributed by atoms with Crippen LogP contribution in [0.3, 0.4) is 0 Å². The van der Waals surface area contributed by atoms with Crippen LogP contribution in [-0.2, 0) is 5.54 Å². The van der Waals surface area contributed by atoms with Gasteiger partial charge in [-0.3, -0.25) is 0 Å². The van der Waals surface area contributed by atoms with Crippen molar-refractivity contribution in [1.82, 2.24) is 4.98 Å². The first-order valence-corrected chi connectivity index (χ1v) is 5.60. The minimum absolute atomic E-state index is 0.237. The van der Waals surface area contributed by atoms with Gasteiger partial charge in [0.05, 0.1) is 5.54 Å². The van der Waals surface area contributed by atoms with Gasteiger partial charge in [-0.25, -0.2) is 4.98 Å². The molecule has 1 unspecified atom stereocenters. The molecule has 0 saturated carbocycles. The van der Waals surface area contributed by atoms with Gasteiger partial charge in [0.2, 0.25) is 0 Å². The first-order chi connectivity index (χ1) is 6.00. The molecular formula is C10H18N2S. The summed E-state index contributed by atoms with van der Waals surface area (Å²) in [4.78, 5) is 4.47. The molecule has 1 aromatic heterocycles. The van der Waals surface area contributed by atoms with Crippen LogP contribution in [0.2, 0.25) is 0 Å². The van der Waals surface area contributed by atoms with E-state index in [0.29, 0.717) is 5.92 Å². The maximum Gasteiger partial charge on any atom is 0.113 e. The number of aryl methyl sites for hydroxylation is 1. The Morgan fingerprint density at radius 3 is 2.54 bits per heavy atom. The Hall–Kier alpha value is -0.410. The molecule has 3 heteroatoms. The number of nitrogens with two attached hydrogens (primary N) is 1. The van der Waals surface area contributed by atoms with Crippen molar-refractivity contribution in [2.75, 3.05) is 0 Å². The third-order valence-corrected chi connectivity index (χ3v) is 3.79. The van der Waals surface area contributed by atoms with Crippen molar-refractivity contribution < 1.29 is 0 Å². The van der Waals surface area contributed by atoms with Gasteiger partial charge in [-0.05, 0) is 19.3 Å². The van der Waals surface area contributed by atoms with Crippen LogP contribution in [0.5, 0.6) is 0 Å². The van der Waals surface area contributed by atoms with Crippen LogP contribution in [0, 0.1) is 12.8 Å². The summed E-state index contributed by atoms with van der Waals surface area (Å²) in [5.41, 5.74) is 7.16. The number of nitrogens with zero attached hydrogens (tertiary/aromatic N) is 1. The maximum atomic E-state index is 6.32. The summed E-state index contributed by atoms with van der Waals surface area (Å²) in [6.45, 7) is 8.44. The van der Waals surface area contributed by atoms with Crippen LogP contribution in [-0.4, -0.2) is 4.98 Å². The molecule has 0 aliphatic carbocycles. The van der Waals surface area contributed by atoms with E-state index in [0.717, 1.165) is 17.1 Å². The zero-order chi connectivity index (χ0) is 10.1. The van der Waals surface area contributed by atoms with Crippen LogP contribution in [0.1, 0.15) is 37.9 Å². The Balaban J connectivity index is 3.02. The number of rotatable bonds is 3. The molecule has 13 heavy (non-hydrogen) atoms. The van der Waals surface area contributed by atoms with Gasteiger partial charge < -0.3 is 5.73 Å². The van der Waals surface area contributed by atoms with Crippen molar-refractivity contribution >= 4 is 11.3 Å². The Morgan fingerprint density at radius 1 is 1.62 bits per heavy atom. The summed E-state index contributed by atoms with van der Waals surface area (Å²) in [5, 5.41) is 3.14. The molecule has 0 aliphatic heterocycles. The largest absolute Gasteiger partial charge is 0.319 e. The van der Waals surface area contributed by atoms with E-state index in [4.69, 9.17) is 5.73 Å². The monoisotopic (exact) mass is 198 g/mol. The van der Waals surface area contributed by atoms with E-state index in [1.807, 2.05) is 6.92 Å². The number of aromatic nitrogens is 1. The van der Waals surface area contributed by atoms with Crippen LogP contribution < -0.4 is 5.73 Å². The van der Waals surface area contributed by atoms with Gasteiger partial charge >= 0.3 is 0 Å². The first-order valence-electron chi connectivity index (χ1n) is 4.72. The Bertz CT molecular complexity index is 280. The lowest BCUT2D eigenvalue weighted by atomic mass is 9.85. The van der Waals surface area contributed by atoms with E-state index >= 15 is 0 Å². The predicted octanol–water partition coefficient (Wildman–Crippen LogP) is 2.67. The van der Waals surface area contributed by atoms with Gasteiger partial charge in [0.25, 0.3) is 0 Å². The molecule has 2 nitrogen and oxygen atoms in total. The fourth-order valence-electron chi connectivity index (χ4n) is 1.37. The average molecular weight is 198 g/mol. The highest BCUT2D eigenvalue weighted by atomic mass is 32.1. The van der Waals surface area contributed by atoms with Crippen molar-refractivity contribution in [1.29, 1.82) is 0 Å². The second-order valence-corrected chi connectivity index (χ2v) is 4.70. The van der Waals surface area contributed by atoms with E-state index in [-0.39, 0.29) is 5.54 Å². The smallest absolute Gasteiger partial charge is 0.113 e. The Morgan fingerprint density at radius 2 is 2.23 bits per heavy atom. The number of hydrogen-bond donors (Lipinski definition) is 1. The van der Waals surface area contributed by atoms with Crippen molar-refractivity contribution in [3.05, 3.63) is 16.1 Å². The average Bonchev–Trinajstić information content (AvgIpc) is 2.50. The zero-order valence-corrected chi connectivity index (χ0v) is 9.61. The molecule has 0 fully saturated rings. The number of hydrogen-bond acceptors (Lipinski definition) is 3. The molecule has 0 bridgehead atoms. The van der Waals surface area contributed by atoms with E-state index < -0.39 is 0 Å². The fourth-order valence-corrected chi connectivity index (χ4v) is 2.51. The fraction of sp³-hybridized carbons (Fsp3) is 0.700. The highest BCUT2D eigenvalue weighted by Crippen LogP contribution is 2.32. The standard InChI is InChI=1S/C10H18N2S/c1-5-10(11,7(2)3)9-12-8(4)6-13-9/h6-7H,5,11H2,1-4H3. The molecule has 0 radical (unpaired) electrons. The van der Waals surface area contributed by atoms with Crippen molar-refractivity contribution in [3.63, 3.8) is 0 Å². The third-order valence-electron chi connectivity index (χ3n) is 2.63. The lowest BCUT2D eigenvalue weighted by Gasteiger charge is -2.30. The predicted molar refractivity (Wildman–Crippen MR) is 57.8 cm³/mol. The summed E-state index contributed by atoms with van der Waals surface area (Å²) in [6, 6.07) is 0. The van der Waals surface area contributed by atoms with Crippen molar-refractivity contribution in [2.45, 2.75) is 39.7 Å². The highest BCUT2D eigenvalue weighted by molar-refractivity contribution is 7.09. The van der Waals surface area contributed by atoms with Gasteiger partial charge in [-0.1, -0.05) is 20.8 Å². The zero-order valence-electron chi connectivity index (χ0n) is 8.79. The molecular weight excluding hydrogens is 180 g/mol. The molecule has 2 N–H and O–H groups in total. The minimum Gasteiger partial charge on any atom is -0.319 e. The molecule has 74 valence electrons. The van der Waals surface area contributed by atoms with Gasteiger partial charge in [0.15, 0.2) is 0 Å². The van der Waals surface area contributed by atoms with Gasteiger partial charge in [-0.15, -0.1) is 11.3 Å². The summed E-state index contributed by atoms with van der Waals surface area (Å²) in [6.07, 6.45) is 0.942. The molecule has 1 aromatic rings. The summed E-state index contributed by atoms with van der Waals surface area (Å²) >= 11 is 1.67. The molecule has 1 rings (SSSR count). The van der Waals surface area contributed by atoms with Crippen LogP contribution in [0.25, 0.3) is 0 Å². The number of thiazole rings is 1. The first kappa shape index (κ1) is 10.7. The molecule has 0 saturated heterocycles. The Kier molecular flexibility index (Phi) is 3.09.